The predicted molar refractivity (Wildman–Crippen MR) is 68.0 cm³/mol. The van der Waals surface area contributed by atoms with E-state index >= 15 is 0 Å². The highest BCUT2D eigenvalue weighted by Gasteiger charge is 2.19. The van der Waals surface area contributed by atoms with Gasteiger partial charge in [0.2, 0.25) is 0 Å². The Morgan fingerprint density at radius 1 is 1.31 bits per heavy atom. The van der Waals surface area contributed by atoms with Crippen molar-refractivity contribution in [1.82, 2.24) is 9.88 Å². The summed E-state index contributed by atoms with van der Waals surface area (Å²) in [5.41, 5.74) is 1.15. The molecule has 1 aliphatic carbocycles. The predicted octanol–water partition coefficient (Wildman–Crippen LogP) is 3.05. The van der Waals surface area contributed by atoms with Crippen molar-refractivity contribution in [1.29, 1.82) is 0 Å². The second kappa shape index (κ2) is 4.11. The van der Waals surface area contributed by atoms with Gasteiger partial charge in [0.15, 0.2) is 0 Å². The summed E-state index contributed by atoms with van der Waals surface area (Å²) in [6.45, 7) is 2.02. The van der Waals surface area contributed by atoms with Crippen molar-refractivity contribution in [3.63, 3.8) is 0 Å². The van der Waals surface area contributed by atoms with E-state index in [1.807, 2.05) is 12.1 Å². The van der Waals surface area contributed by atoms with E-state index in [-0.39, 0.29) is 0 Å². The maximum absolute atomic E-state index is 6.22. The van der Waals surface area contributed by atoms with Gasteiger partial charge in [-0.25, -0.2) is 0 Å². The lowest BCUT2D eigenvalue weighted by Crippen LogP contribution is -2.21. The normalized spacial score (nSPS) is 15.8. The van der Waals surface area contributed by atoms with Gasteiger partial charge in [0.1, 0.15) is 0 Å². The Bertz CT molecular complexity index is 500. The summed E-state index contributed by atoms with van der Waals surface area (Å²) in [6.07, 6.45) is 4.80. The number of aromatic nitrogens is 1. The molecule has 0 bridgehead atoms. The molecule has 1 aliphatic rings. The Morgan fingerprint density at radius 3 is 3.00 bits per heavy atom. The summed E-state index contributed by atoms with van der Waals surface area (Å²) in [7, 11) is 0. The van der Waals surface area contributed by atoms with E-state index < -0.39 is 0 Å². The fourth-order valence-electron chi connectivity index (χ4n) is 2.08. The summed E-state index contributed by atoms with van der Waals surface area (Å²) in [5, 5.41) is 5.58. The molecule has 1 N–H and O–H groups in total. The minimum absolute atomic E-state index is 0.775. The molecule has 0 radical (unpaired) electrons. The fraction of sp³-hybridized carbons (Fsp3) is 0.385. The molecule has 0 aliphatic heterocycles. The smallest absolute Gasteiger partial charge is 0.0670 e. The summed E-state index contributed by atoms with van der Waals surface area (Å²) in [6, 6.07) is 8.95. The SMILES string of the molecule is Clc1cccc2ccn(CCNC3CC3)c12. The van der Waals surface area contributed by atoms with E-state index in [2.05, 4.69) is 28.2 Å². The van der Waals surface area contributed by atoms with E-state index in [0.29, 0.717) is 0 Å². The molecule has 3 heteroatoms. The van der Waals surface area contributed by atoms with Crippen LogP contribution in [0.5, 0.6) is 0 Å². The molecule has 1 aromatic heterocycles. The number of para-hydroxylation sites is 1. The van der Waals surface area contributed by atoms with Gasteiger partial charge in [0, 0.05) is 30.7 Å². The first-order chi connectivity index (χ1) is 7.84. The van der Waals surface area contributed by atoms with Gasteiger partial charge in [-0.1, -0.05) is 23.7 Å². The van der Waals surface area contributed by atoms with E-state index in [1.165, 1.54) is 18.2 Å². The standard InChI is InChI=1S/C13H15ClN2/c14-12-3-1-2-10-6-8-16(13(10)12)9-7-15-11-4-5-11/h1-3,6,8,11,15H,4-5,7,9H2. The zero-order valence-corrected chi connectivity index (χ0v) is 9.87. The highest BCUT2D eigenvalue weighted by Crippen LogP contribution is 2.24. The van der Waals surface area contributed by atoms with Crippen LogP contribution in [0.25, 0.3) is 10.9 Å². The molecule has 0 atom stereocenters. The van der Waals surface area contributed by atoms with Gasteiger partial charge in [-0.2, -0.15) is 0 Å². The summed E-state index contributed by atoms with van der Waals surface area (Å²) >= 11 is 6.22. The quantitative estimate of drug-likeness (QED) is 0.861. The first-order valence-corrected chi connectivity index (χ1v) is 6.19. The number of halogens is 1. The van der Waals surface area contributed by atoms with E-state index in [9.17, 15) is 0 Å². The van der Waals surface area contributed by atoms with Gasteiger partial charge in [-0.05, 0) is 25.0 Å². The topological polar surface area (TPSA) is 17.0 Å². The summed E-state index contributed by atoms with van der Waals surface area (Å²) < 4.78 is 2.23. The lowest BCUT2D eigenvalue weighted by atomic mass is 10.2. The first-order valence-electron chi connectivity index (χ1n) is 5.81. The Hall–Kier alpha value is -0.990. The number of nitrogens with zero attached hydrogens (tertiary/aromatic N) is 1. The van der Waals surface area contributed by atoms with Crippen LogP contribution >= 0.6 is 11.6 Å². The second-order valence-corrected chi connectivity index (χ2v) is 4.82. The molecular formula is C13H15ClN2. The number of hydrogen-bond acceptors (Lipinski definition) is 1. The number of hydrogen-bond donors (Lipinski definition) is 1. The van der Waals surface area contributed by atoms with Crippen LogP contribution in [0.2, 0.25) is 5.02 Å². The number of rotatable bonds is 4. The van der Waals surface area contributed by atoms with Gasteiger partial charge >= 0.3 is 0 Å². The van der Waals surface area contributed by atoms with E-state index in [4.69, 9.17) is 11.6 Å². The average molecular weight is 235 g/mol. The lowest BCUT2D eigenvalue weighted by Gasteiger charge is -2.07. The Balaban J connectivity index is 1.79. The van der Waals surface area contributed by atoms with E-state index in [1.54, 1.807) is 0 Å². The Morgan fingerprint density at radius 2 is 2.19 bits per heavy atom. The molecule has 1 aromatic carbocycles. The molecule has 0 unspecified atom stereocenters. The molecule has 1 fully saturated rings. The third kappa shape index (κ3) is 1.95. The fourth-order valence-corrected chi connectivity index (χ4v) is 2.37. The minimum Gasteiger partial charge on any atom is -0.345 e. The number of nitrogens with one attached hydrogen (secondary N) is 1. The highest BCUT2D eigenvalue weighted by molar-refractivity contribution is 6.35. The van der Waals surface area contributed by atoms with Crippen molar-refractivity contribution >= 4 is 22.5 Å². The van der Waals surface area contributed by atoms with E-state index in [0.717, 1.165) is 29.7 Å². The van der Waals surface area contributed by atoms with Crippen molar-refractivity contribution in [3.05, 3.63) is 35.5 Å². The lowest BCUT2D eigenvalue weighted by molar-refractivity contribution is 0.606. The molecule has 0 saturated heterocycles. The van der Waals surface area contributed by atoms with Crippen LogP contribution in [0.4, 0.5) is 0 Å². The molecule has 3 rings (SSSR count). The van der Waals surface area contributed by atoms with Crippen LogP contribution in [0.1, 0.15) is 12.8 Å². The third-order valence-electron chi connectivity index (χ3n) is 3.10. The van der Waals surface area contributed by atoms with Gasteiger partial charge in [-0.15, -0.1) is 0 Å². The van der Waals surface area contributed by atoms with Crippen molar-refractivity contribution < 1.29 is 0 Å². The Kier molecular flexibility index (Phi) is 2.62. The van der Waals surface area contributed by atoms with Crippen LogP contribution in [-0.4, -0.2) is 17.2 Å². The Labute approximate surface area is 100 Å². The maximum atomic E-state index is 6.22. The van der Waals surface area contributed by atoms with Crippen LogP contribution in [-0.2, 0) is 6.54 Å². The molecule has 2 nitrogen and oxygen atoms in total. The van der Waals surface area contributed by atoms with Gasteiger partial charge < -0.3 is 9.88 Å². The zero-order valence-electron chi connectivity index (χ0n) is 9.12. The van der Waals surface area contributed by atoms with Gasteiger partial charge in [-0.3, -0.25) is 0 Å². The average Bonchev–Trinajstić information content (AvgIpc) is 3.00. The van der Waals surface area contributed by atoms with Crippen molar-refractivity contribution in [2.45, 2.75) is 25.4 Å². The summed E-state index contributed by atoms with van der Waals surface area (Å²) in [5.74, 6) is 0. The van der Waals surface area contributed by atoms with Crippen LogP contribution in [0.15, 0.2) is 30.5 Å². The van der Waals surface area contributed by atoms with Crippen molar-refractivity contribution in [2.75, 3.05) is 6.54 Å². The highest BCUT2D eigenvalue weighted by atomic mass is 35.5. The first kappa shape index (κ1) is 10.2. The largest absolute Gasteiger partial charge is 0.345 e. The number of benzene rings is 1. The molecule has 84 valence electrons. The summed E-state index contributed by atoms with van der Waals surface area (Å²) in [4.78, 5) is 0. The molecule has 1 saturated carbocycles. The molecule has 16 heavy (non-hydrogen) atoms. The monoisotopic (exact) mass is 234 g/mol. The molecule has 1 heterocycles. The van der Waals surface area contributed by atoms with Crippen molar-refractivity contribution in [3.8, 4) is 0 Å². The van der Waals surface area contributed by atoms with Crippen molar-refractivity contribution in [2.24, 2.45) is 0 Å². The zero-order chi connectivity index (χ0) is 11.0. The molecule has 0 amide bonds. The molecule has 0 spiro atoms. The van der Waals surface area contributed by atoms with Crippen LogP contribution in [0, 0.1) is 0 Å². The maximum Gasteiger partial charge on any atom is 0.0670 e. The van der Waals surface area contributed by atoms with Crippen LogP contribution in [0.3, 0.4) is 0 Å². The number of fused-ring (bicyclic) bond motifs is 1. The van der Waals surface area contributed by atoms with Crippen LogP contribution < -0.4 is 5.32 Å². The second-order valence-electron chi connectivity index (χ2n) is 4.42. The molecular weight excluding hydrogens is 220 g/mol. The minimum atomic E-state index is 0.775. The van der Waals surface area contributed by atoms with Gasteiger partial charge in [0.25, 0.3) is 0 Å². The van der Waals surface area contributed by atoms with Gasteiger partial charge in [0.05, 0.1) is 10.5 Å². The third-order valence-corrected chi connectivity index (χ3v) is 3.41. The molecule has 2 aromatic rings.